The van der Waals surface area contributed by atoms with Gasteiger partial charge in [-0.25, -0.2) is 0 Å². The summed E-state index contributed by atoms with van der Waals surface area (Å²) < 4.78 is 0. The molecule has 12 aromatic carbocycles. The zero-order chi connectivity index (χ0) is 59.7. The summed E-state index contributed by atoms with van der Waals surface area (Å²) in [4.78, 5) is 0. The molecule has 0 aliphatic carbocycles. The maximum absolute atomic E-state index is 7.32. The van der Waals surface area contributed by atoms with Crippen molar-refractivity contribution in [3.8, 4) is 6.07 Å². The van der Waals surface area contributed by atoms with E-state index in [-0.39, 0.29) is 31.7 Å². The van der Waals surface area contributed by atoms with E-state index < -0.39 is 6.15 Å². The zero-order valence-electron chi connectivity index (χ0n) is 48.5. The van der Waals surface area contributed by atoms with E-state index in [9.17, 15) is 0 Å². The van der Waals surface area contributed by atoms with E-state index in [4.69, 9.17) is 5.26 Å². The van der Waals surface area contributed by atoms with E-state index >= 15 is 0 Å². The molecule has 0 bridgehead atoms. The molecule has 426 valence electrons. The summed E-state index contributed by atoms with van der Waals surface area (Å²) in [6.07, 6.45) is 3.61. The van der Waals surface area contributed by atoms with E-state index in [1.807, 2.05) is 17.3 Å². The minimum atomic E-state index is -1.22. The van der Waals surface area contributed by atoms with Crippen molar-refractivity contribution in [1.29, 1.82) is 5.26 Å². The Bertz CT molecular complexity index is 3090. The third kappa shape index (κ3) is 18.4. The van der Waals surface area contributed by atoms with Gasteiger partial charge in [-0.1, -0.05) is 364 Å². The van der Waals surface area contributed by atoms with Crippen LogP contribution in [-0.4, -0.2) is 30.8 Å². The number of rotatable bonds is 18. The molecular formula is C78H71BClNP4Ru. The average molecular weight is 1290 g/mol. The summed E-state index contributed by atoms with van der Waals surface area (Å²) in [7, 11) is 3.18. The number of hydrogen-bond donors (Lipinski definition) is 0. The van der Waals surface area contributed by atoms with Gasteiger partial charge in [0.1, 0.15) is 6.15 Å². The quantitative estimate of drug-likeness (QED) is 0.0620. The summed E-state index contributed by atoms with van der Waals surface area (Å²) in [5, 5.41) is 19.1. The zero-order valence-corrected chi connectivity index (χ0v) is 54.6. The number of nitrogens with zero attached hydrogens (tertiary/aromatic N) is 1. The predicted octanol–water partition coefficient (Wildman–Crippen LogP) is 14.8. The van der Waals surface area contributed by atoms with Gasteiger partial charge in [0, 0.05) is 6.92 Å². The van der Waals surface area contributed by atoms with Crippen LogP contribution in [0.25, 0.3) is 0 Å². The molecule has 0 atom stereocenters. The van der Waals surface area contributed by atoms with Crippen LogP contribution in [0.5, 0.6) is 0 Å². The molecule has 0 fully saturated rings. The van der Waals surface area contributed by atoms with Gasteiger partial charge in [-0.2, -0.15) is 27.1 Å². The fraction of sp³-hybridized carbons (Fsp3) is 0.0641. The Kier molecular flexibility index (Phi) is 27.7. The summed E-state index contributed by atoms with van der Waals surface area (Å²) >= 11 is 1.82. The SMILES string of the molecule is CC#N.[Cl][Ru+].c1ccc(P(CCP(c2ccccc2)c2ccccc2)c2ccccc2)cc1.c1ccc(P(CCP(c2ccccc2)c2ccccc2)c2ccccc2)cc1.c1ccc([B-](c2ccccc2)(c2ccccc2)c2ccccc2)cc1. The molecule has 1 nitrogen and oxygen atoms in total. The van der Waals surface area contributed by atoms with Crippen LogP contribution in [0.4, 0.5) is 0 Å². The van der Waals surface area contributed by atoms with E-state index in [0.29, 0.717) is 0 Å². The van der Waals surface area contributed by atoms with E-state index in [1.54, 1.807) is 6.07 Å². The minimum Gasteiger partial charge on any atom is -0.195 e. The number of halogens is 1. The molecule has 0 saturated heterocycles. The Hall–Kier alpha value is -7.17. The minimum absolute atomic E-state index is 0.348. The molecule has 0 aliphatic rings. The Morgan fingerprint density at radius 1 is 0.244 bits per heavy atom. The maximum Gasteiger partial charge on any atom is 0.108 e. The van der Waals surface area contributed by atoms with Gasteiger partial charge in [-0.3, -0.25) is 0 Å². The van der Waals surface area contributed by atoms with Crippen molar-refractivity contribution >= 4 is 112 Å². The van der Waals surface area contributed by atoms with Gasteiger partial charge in [0.25, 0.3) is 0 Å². The summed E-state index contributed by atoms with van der Waals surface area (Å²) in [6, 6.07) is 134. The molecule has 12 aromatic rings. The van der Waals surface area contributed by atoms with Crippen LogP contribution in [0.2, 0.25) is 0 Å². The number of benzene rings is 12. The van der Waals surface area contributed by atoms with Crippen molar-refractivity contribution in [1.82, 2.24) is 0 Å². The van der Waals surface area contributed by atoms with Crippen molar-refractivity contribution in [2.45, 2.75) is 6.92 Å². The third-order valence-corrected chi connectivity index (χ3v) is 25.6. The van der Waals surface area contributed by atoms with Crippen LogP contribution in [0, 0.1) is 11.3 Å². The van der Waals surface area contributed by atoms with Gasteiger partial charge >= 0.3 is 27.0 Å². The molecule has 0 aromatic heterocycles. The van der Waals surface area contributed by atoms with Crippen molar-refractivity contribution < 1.29 is 17.3 Å². The number of nitriles is 1. The summed E-state index contributed by atoms with van der Waals surface area (Å²) in [5.41, 5.74) is 5.36. The topological polar surface area (TPSA) is 23.8 Å². The average Bonchev–Trinajstić information content (AvgIpc) is 1.01. The molecule has 86 heavy (non-hydrogen) atoms. The first-order chi connectivity index (χ1) is 42.7. The standard InChI is InChI=1S/2C26H24P2.C24H20B.C2H3N.ClH.Ru/c2*1-5-13-23(14-6-1)27(24-15-7-2-8-16-24)21-22-28(25-17-9-3-10-18-25)26-19-11-4-12-20-26;1-5-13-21(14-6-1)25(22-15-7-2-8-16-22,23-17-9-3-10-18-23)24-19-11-4-12-20-24;1-2-3;;/h2*1-20H,21-22H2;1-20H;1H3;1H;/q;;-1;;;+2/p-1. The van der Waals surface area contributed by atoms with Crippen LogP contribution in [0.3, 0.4) is 0 Å². The molecule has 12 rings (SSSR count). The molecule has 0 N–H and O–H groups in total. The van der Waals surface area contributed by atoms with Crippen molar-refractivity contribution in [3.63, 3.8) is 0 Å². The second-order valence-corrected chi connectivity index (χ2v) is 29.4. The monoisotopic (exact) mass is 1290 g/mol. The van der Waals surface area contributed by atoms with Crippen molar-refractivity contribution in [2.75, 3.05) is 24.6 Å². The molecular weight excluding hydrogens is 1220 g/mol. The van der Waals surface area contributed by atoms with Gasteiger partial charge in [0.15, 0.2) is 0 Å². The van der Waals surface area contributed by atoms with E-state index in [1.165, 1.54) is 95.9 Å². The van der Waals surface area contributed by atoms with Crippen LogP contribution in [0.15, 0.2) is 364 Å². The van der Waals surface area contributed by atoms with Crippen LogP contribution >= 0.6 is 41.4 Å². The fourth-order valence-electron chi connectivity index (χ4n) is 11.0. The van der Waals surface area contributed by atoms with Gasteiger partial charge in [-0.15, -0.1) is 0 Å². The molecule has 0 saturated carbocycles. The van der Waals surface area contributed by atoms with Crippen LogP contribution < -0.4 is 64.3 Å². The first-order valence-corrected chi connectivity index (χ1v) is 37.3. The van der Waals surface area contributed by atoms with Gasteiger partial charge < -0.3 is 0 Å². The second-order valence-electron chi connectivity index (χ2n) is 20.0. The molecule has 0 unspecified atom stereocenters. The Balaban J connectivity index is 0.000000162. The fourth-order valence-corrected chi connectivity index (χ4v) is 21.7. The molecule has 0 aliphatic heterocycles. The molecule has 0 radical (unpaired) electrons. The van der Waals surface area contributed by atoms with Crippen molar-refractivity contribution in [2.24, 2.45) is 0 Å². The van der Waals surface area contributed by atoms with E-state index in [0.717, 1.165) is 0 Å². The number of hydrogen-bond acceptors (Lipinski definition) is 1. The maximum atomic E-state index is 7.32. The van der Waals surface area contributed by atoms with Gasteiger partial charge in [-0.05, 0) is 98.8 Å². The molecule has 8 heteroatoms. The van der Waals surface area contributed by atoms with Gasteiger partial charge in [0.05, 0.1) is 6.07 Å². The Morgan fingerprint density at radius 2 is 0.349 bits per heavy atom. The Morgan fingerprint density at radius 3 is 0.465 bits per heavy atom. The molecule has 0 heterocycles. The first-order valence-electron chi connectivity index (χ1n) is 29.0. The molecule has 0 spiro atoms. The van der Waals surface area contributed by atoms with Crippen molar-refractivity contribution in [3.05, 3.63) is 364 Å². The van der Waals surface area contributed by atoms with Crippen LogP contribution in [0.1, 0.15) is 6.92 Å². The smallest absolute Gasteiger partial charge is 0.108 e. The van der Waals surface area contributed by atoms with Gasteiger partial charge in [0.2, 0.25) is 0 Å². The molecule has 0 amide bonds. The van der Waals surface area contributed by atoms with E-state index in [2.05, 4.69) is 374 Å². The van der Waals surface area contributed by atoms with Crippen LogP contribution in [-0.2, 0) is 17.3 Å². The third-order valence-electron chi connectivity index (χ3n) is 14.8. The Labute approximate surface area is 531 Å². The normalized spacial score (nSPS) is 10.6. The first kappa shape index (κ1) is 64.8. The summed E-state index contributed by atoms with van der Waals surface area (Å²) in [5.74, 6) is 0. The summed E-state index contributed by atoms with van der Waals surface area (Å²) in [6.45, 7) is 1.43. The largest absolute Gasteiger partial charge is 0.195 e. The second kappa shape index (κ2) is 36.7. The predicted molar refractivity (Wildman–Crippen MR) is 383 cm³/mol.